The van der Waals surface area contributed by atoms with Crippen LogP contribution in [0.1, 0.15) is 13.8 Å². The molecule has 0 aliphatic carbocycles. The minimum absolute atomic E-state index is 0.0531. The normalized spacial score (nSPS) is 13.0. The van der Waals surface area contributed by atoms with Crippen molar-refractivity contribution in [3.63, 3.8) is 0 Å². The second-order valence-electron chi connectivity index (χ2n) is 4.17. The van der Waals surface area contributed by atoms with Crippen molar-refractivity contribution < 1.29 is 13.3 Å². The van der Waals surface area contributed by atoms with E-state index in [2.05, 4.69) is 5.32 Å². The quantitative estimate of drug-likeness (QED) is 0.644. The number of nitro benzene ring substituents is 1. The average molecular weight is 307 g/mol. The van der Waals surface area contributed by atoms with Gasteiger partial charge in [-0.3, -0.25) is 10.1 Å². The smallest absolute Gasteiger partial charge is 0.271 e. The van der Waals surface area contributed by atoms with Gasteiger partial charge in [0.1, 0.15) is 0 Å². The maximum atomic E-state index is 11.5. The first-order valence-electron chi connectivity index (χ1n) is 5.66. The number of anilines is 1. The lowest BCUT2D eigenvalue weighted by Crippen LogP contribution is -2.26. The van der Waals surface area contributed by atoms with Crippen LogP contribution in [0.2, 0.25) is 5.02 Å². The molecule has 0 heterocycles. The zero-order chi connectivity index (χ0) is 14.6. The summed E-state index contributed by atoms with van der Waals surface area (Å²) in [5, 5.41) is 13.9. The first kappa shape index (κ1) is 15.7. The summed E-state index contributed by atoms with van der Waals surface area (Å²) in [5.74, 6) is 0.00418. The van der Waals surface area contributed by atoms with Crippen molar-refractivity contribution in [1.29, 1.82) is 0 Å². The lowest BCUT2D eigenvalue weighted by atomic mass is 10.2. The van der Waals surface area contributed by atoms with Crippen LogP contribution in [0.4, 0.5) is 11.4 Å². The molecule has 1 N–H and O–H groups in total. The Balaban J connectivity index is 2.87. The van der Waals surface area contributed by atoms with Crippen molar-refractivity contribution in [3.05, 3.63) is 33.3 Å². The van der Waals surface area contributed by atoms with Crippen LogP contribution in [0.3, 0.4) is 0 Å². The summed E-state index contributed by atoms with van der Waals surface area (Å²) in [6, 6.07) is 3.60. The van der Waals surface area contributed by atoms with E-state index in [9.17, 15) is 18.5 Å². The monoisotopic (exact) mass is 306 g/mol. The van der Waals surface area contributed by atoms with E-state index in [1.807, 2.05) is 0 Å². The van der Waals surface area contributed by atoms with Crippen LogP contribution in [0.15, 0.2) is 18.2 Å². The Bertz CT molecular complexity index is 574. The van der Waals surface area contributed by atoms with Crippen LogP contribution in [0, 0.1) is 10.1 Å². The van der Waals surface area contributed by atoms with Gasteiger partial charge in [0.25, 0.3) is 5.69 Å². The second kappa shape index (κ2) is 6.21. The third-order valence-corrected chi connectivity index (χ3v) is 4.72. The lowest BCUT2D eigenvalue weighted by Gasteiger charge is -2.15. The summed E-state index contributed by atoms with van der Waals surface area (Å²) in [6.07, 6.45) is 0. The number of benzene rings is 1. The van der Waals surface area contributed by atoms with Crippen LogP contribution in [0.5, 0.6) is 0 Å². The van der Waals surface area contributed by atoms with E-state index in [1.54, 1.807) is 13.8 Å². The molecule has 1 aromatic rings. The molecule has 0 saturated carbocycles. The highest BCUT2D eigenvalue weighted by atomic mass is 35.5. The van der Waals surface area contributed by atoms with Crippen LogP contribution in [-0.2, 0) is 9.84 Å². The van der Waals surface area contributed by atoms with Gasteiger partial charge >= 0.3 is 0 Å². The number of rotatable bonds is 6. The van der Waals surface area contributed by atoms with E-state index in [1.165, 1.54) is 18.2 Å². The van der Waals surface area contributed by atoms with Crippen molar-refractivity contribution in [2.75, 3.05) is 16.8 Å². The molecular weight excluding hydrogens is 292 g/mol. The highest BCUT2D eigenvalue weighted by Crippen LogP contribution is 2.27. The summed E-state index contributed by atoms with van der Waals surface area (Å²) in [7, 11) is -3.12. The van der Waals surface area contributed by atoms with Gasteiger partial charge in [0.05, 0.1) is 21.4 Å². The van der Waals surface area contributed by atoms with Gasteiger partial charge in [-0.2, -0.15) is 0 Å². The molecule has 0 saturated heterocycles. The molecule has 0 bridgehead atoms. The number of sulfone groups is 1. The molecule has 1 unspecified atom stereocenters. The van der Waals surface area contributed by atoms with Crippen molar-refractivity contribution in [2.45, 2.75) is 19.9 Å². The van der Waals surface area contributed by atoms with E-state index < -0.39 is 14.8 Å². The number of hydrogen-bond donors (Lipinski definition) is 1. The summed E-state index contributed by atoms with van der Waals surface area (Å²) in [5.41, 5.74) is 0.257. The van der Waals surface area contributed by atoms with E-state index in [0.29, 0.717) is 10.7 Å². The van der Waals surface area contributed by atoms with Crippen LogP contribution in [-0.4, -0.2) is 30.9 Å². The zero-order valence-electron chi connectivity index (χ0n) is 10.6. The predicted octanol–water partition coefficient (Wildman–Crippen LogP) is 2.48. The Morgan fingerprint density at radius 3 is 2.63 bits per heavy atom. The minimum Gasteiger partial charge on any atom is -0.380 e. The molecule has 0 amide bonds. The molecule has 1 rings (SSSR count). The van der Waals surface area contributed by atoms with E-state index in [-0.39, 0.29) is 23.2 Å². The topological polar surface area (TPSA) is 89.3 Å². The second-order valence-corrected chi connectivity index (χ2v) is 6.97. The van der Waals surface area contributed by atoms with Crippen LogP contribution in [0.25, 0.3) is 0 Å². The van der Waals surface area contributed by atoms with Crippen molar-refractivity contribution in [2.24, 2.45) is 0 Å². The highest BCUT2D eigenvalue weighted by molar-refractivity contribution is 7.91. The predicted molar refractivity (Wildman–Crippen MR) is 75.5 cm³/mol. The van der Waals surface area contributed by atoms with Crippen molar-refractivity contribution in [1.82, 2.24) is 0 Å². The van der Waals surface area contributed by atoms with Gasteiger partial charge in [-0.05, 0) is 13.0 Å². The molecule has 6 nitrogen and oxygen atoms in total. The maximum absolute atomic E-state index is 11.5. The molecule has 1 atom stereocenters. The fourth-order valence-electron chi connectivity index (χ4n) is 1.54. The Hall–Kier alpha value is -1.34. The Morgan fingerprint density at radius 1 is 1.47 bits per heavy atom. The Labute approximate surface area is 116 Å². The molecule has 106 valence electrons. The highest BCUT2D eigenvalue weighted by Gasteiger charge is 2.16. The number of nitrogens with one attached hydrogen (secondary N) is 1. The number of non-ortho nitro benzene ring substituents is 1. The van der Waals surface area contributed by atoms with Crippen LogP contribution < -0.4 is 5.32 Å². The van der Waals surface area contributed by atoms with Crippen molar-refractivity contribution in [3.8, 4) is 0 Å². The molecule has 0 aromatic heterocycles. The summed E-state index contributed by atoms with van der Waals surface area (Å²) >= 11 is 5.92. The summed E-state index contributed by atoms with van der Waals surface area (Å²) in [6.45, 7) is 3.25. The molecule has 0 aliphatic heterocycles. The van der Waals surface area contributed by atoms with Gasteiger partial charge in [-0.25, -0.2) is 8.42 Å². The van der Waals surface area contributed by atoms with Gasteiger partial charge in [-0.1, -0.05) is 18.5 Å². The SMILES string of the molecule is CCS(=O)(=O)CC(C)Nc1cc([N+](=O)[O-])ccc1Cl. The first-order chi connectivity index (χ1) is 8.75. The molecule has 0 fully saturated rings. The summed E-state index contributed by atoms with van der Waals surface area (Å²) < 4.78 is 23.0. The van der Waals surface area contributed by atoms with Crippen molar-refractivity contribution >= 4 is 32.8 Å². The van der Waals surface area contributed by atoms with E-state index >= 15 is 0 Å². The first-order valence-corrected chi connectivity index (χ1v) is 7.86. The molecule has 0 radical (unpaired) electrons. The third-order valence-electron chi connectivity index (χ3n) is 2.51. The molecule has 0 spiro atoms. The van der Waals surface area contributed by atoms with Gasteiger partial charge in [-0.15, -0.1) is 0 Å². The fraction of sp³-hybridized carbons (Fsp3) is 0.455. The standard InChI is InChI=1S/C11H15ClN2O4S/c1-3-19(17,18)7-8(2)13-11-6-9(14(15)16)4-5-10(11)12/h4-6,8,13H,3,7H2,1-2H3. The number of halogens is 1. The molecule has 0 aliphatic rings. The molecule has 8 heteroatoms. The van der Waals surface area contributed by atoms with Gasteiger partial charge in [0.15, 0.2) is 9.84 Å². The van der Waals surface area contributed by atoms with E-state index in [4.69, 9.17) is 11.6 Å². The average Bonchev–Trinajstić information content (AvgIpc) is 2.31. The van der Waals surface area contributed by atoms with Gasteiger partial charge in [0.2, 0.25) is 0 Å². The Morgan fingerprint density at radius 2 is 2.11 bits per heavy atom. The van der Waals surface area contributed by atoms with Crippen LogP contribution >= 0.6 is 11.6 Å². The van der Waals surface area contributed by atoms with Gasteiger partial charge < -0.3 is 5.32 Å². The molecule has 19 heavy (non-hydrogen) atoms. The Kier molecular flexibility index (Phi) is 5.13. The summed E-state index contributed by atoms with van der Waals surface area (Å²) in [4.78, 5) is 10.1. The molecule has 1 aromatic carbocycles. The minimum atomic E-state index is -3.12. The maximum Gasteiger partial charge on any atom is 0.271 e. The zero-order valence-corrected chi connectivity index (χ0v) is 12.2. The third kappa shape index (κ3) is 4.68. The number of hydrogen-bond acceptors (Lipinski definition) is 5. The number of nitrogens with zero attached hydrogens (tertiary/aromatic N) is 1. The van der Waals surface area contributed by atoms with Gasteiger partial charge in [0, 0.05) is 23.9 Å². The molecular formula is C11H15ClN2O4S. The number of nitro groups is 1. The lowest BCUT2D eigenvalue weighted by molar-refractivity contribution is -0.384. The van der Waals surface area contributed by atoms with E-state index in [0.717, 1.165) is 0 Å². The largest absolute Gasteiger partial charge is 0.380 e. The fourth-order valence-corrected chi connectivity index (χ4v) is 2.80.